The van der Waals surface area contributed by atoms with Crippen molar-refractivity contribution in [3.63, 3.8) is 0 Å². The second-order valence-electron chi connectivity index (χ2n) is 6.80. The fourth-order valence-corrected chi connectivity index (χ4v) is 2.48. The van der Waals surface area contributed by atoms with E-state index < -0.39 is 37.4 Å². The highest BCUT2D eigenvalue weighted by Gasteiger charge is 2.25. The fraction of sp³-hybridized carbons (Fsp3) is 0.273. The average molecular weight is 432 g/mol. The summed E-state index contributed by atoms with van der Waals surface area (Å²) < 4.78 is 10.1. The van der Waals surface area contributed by atoms with Crippen LogP contribution in [0.2, 0.25) is 0 Å². The SMILES string of the molecule is Cc1ccc(CC(OC(=O)/C=C/c2ccc(O)c(O)c2)C(=O)OCC(O)CO)cc1O. The molecule has 0 saturated carbocycles. The quantitative estimate of drug-likeness (QED) is 0.223. The van der Waals surface area contributed by atoms with Crippen molar-refractivity contribution in [3.8, 4) is 17.2 Å². The van der Waals surface area contributed by atoms with Gasteiger partial charge in [-0.3, -0.25) is 0 Å². The third-order valence-corrected chi connectivity index (χ3v) is 4.26. The number of hydrogen-bond donors (Lipinski definition) is 5. The van der Waals surface area contributed by atoms with Crippen molar-refractivity contribution in [2.45, 2.75) is 25.6 Å². The van der Waals surface area contributed by atoms with Crippen molar-refractivity contribution in [2.75, 3.05) is 13.2 Å². The monoisotopic (exact) mass is 432 g/mol. The van der Waals surface area contributed by atoms with Crippen molar-refractivity contribution in [1.29, 1.82) is 0 Å². The minimum absolute atomic E-state index is 0.0127. The van der Waals surface area contributed by atoms with Crippen molar-refractivity contribution in [3.05, 3.63) is 59.2 Å². The highest BCUT2D eigenvalue weighted by atomic mass is 16.6. The Morgan fingerprint density at radius 3 is 2.42 bits per heavy atom. The van der Waals surface area contributed by atoms with Gasteiger partial charge < -0.3 is 35.0 Å². The van der Waals surface area contributed by atoms with Gasteiger partial charge in [-0.05, 0) is 47.9 Å². The molecule has 5 N–H and O–H groups in total. The molecule has 0 bridgehead atoms. The van der Waals surface area contributed by atoms with E-state index in [0.29, 0.717) is 16.7 Å². The molecule has 2 atom stereocenters. The van der Waals surface area contributed by atoms with E-state index in [9.17, 15) is 30.0 Å². The van der Waals surface area contributed by atoms with Crippen LogP contribution in [0.4, 0.5) is 0 Å². The molecular formula is C22H24O9. The first-order chi connectivity index (χ1) is 14.7. The summed E-state index contributed by atoms with van der Waals surface area (Å²) in [5, 5.41) is 46.9. The lowest BCUT2D eigenvalue weighted by Crippen LogP contribution is -2.33. The topological polar surface area (TPSA) is 154 Å². The van der Waals surface area contributed by atoms with E-state index in [-0.39, 0.29) is 23.7 Å². The molecule has 0 aliphatic carbocycles. The van der Waals surface area contributed by atoms with Crippen LogP contribution in [0.15, 0.2) is 42.5 Å². The summed E-state index contributed by atoms with van der Waals surface area (Å²) in [7, 11) is 0. The number of phenolic OH excluding ortho intramolecular Hbond substituents is 3. The third kappa shape index (κ3) is 7.32. The average Bonchev–Trinajstić information content (AvgIpc) is 2.74. The van der Waals surface area contributed by atoms with Crippen LogP contribution in [0.5, 0.6) is 17.2 Å². The Morgan fingerprint density at radius 2 is 1.77 bits per heavy atom. The first-order valence-corrected chi connectivity index (χ1v) is 9.34. The summed E-state index contributed by atoms with van der Waals surface area (Å²) >= 11 is 0. The molecule has 0 spiro atoms. The molecule has 0 aromatic heterocycles. The molecule has 31 heavy (non-hydrogen) atoms. The molecule has 0 aliphatic heterocycles. The third-order valence-electron chi connectivity index (χ3n) is 4.26. The van der Waals surface area contributed by atoms with Crippen LogP contribution < -0.4 is 0 Å². The maximum atomic E-state index is 12.4. The minimum Gasteiger partial charge on any atom is -0.508 e. The Morgan fingerprint density at radius 1 is 1.03 bits per heavy atom. The van der Waals surface area contributed by atoms with Crippen molar-refractivity contribution in [2.24, 2.45) is 0 Å². The second-order valence-corrected chi connectivity index (χ2v) is 6.80. The fourth-order valence-electron chi connectivity index (χ4n) is 2.48. The predicted molar refractivity (Wildman–Crippen MR) is 109 cm³/mol. The molecule has 0 heterocycles. The number of aryl methyl sites for hydroxylation is 1. The number of carbonyl (C=O) groups excluding carboxylic acids is 2. The normalized spacial score (nSPS) is 13.0. The molecule has 0 radical (unpaired) electrons. The van der Waals surface area contributed by atoms with Gasteiger partial charge in [0.15, 0.2) is 11.5 Å². The highest BCUT2D eigenvalue weighted by Crippen LogP contribution is 2.25. The number of carbonyl (C=O) groups is 2. The van der Waals surface area contributed by atoms with Gasteiger partial charge in [0.25, 0.3) is 0 Å². The van der Waals surface area contributed by atoms with Crippen molar-refractivity contribution >= 4 is 18.0 Å². The van der Waals surface area contributed by atoms with E-state index in [4.69, 9.17) is 14.6 Å². The molecule has 0 saturated heterocycles. The maximum absolute atomic E-state index is 12.4. The lowest BCUT2D eigenvalue weighted by Gasteiger charge is -2.17. The zero-order valence-corrected chi connectivity index (χ0v) is 16.8. The number of hydrogen-bond acceptors (Lipinski definition) is 9. The summed E-state index contributed by atoms with van der Waals surface area (Å²) in [6, 6.07) is 8.66. The van der Waals surface area contributed by atoms with Gasteiger partial charge in [0, 0.05) is 12.5 Å². The van der Waals surface area contributed by atoms with Gasteiger partial charge in [-0.2, -0.15) is 0 Å². The predicted octanol–water partition coefficient (Wildman–Crippen LogP) is 1.18. The summed E-state index contributed by atoms with van der Waals surface area (Å²) in [6.45, 7) is 0.615. The largest absolute Gasteiger partial charge is 0.508 e. The number of aromatic hydroxyl groups is 3. The van der Waals surface area contributed by atoms with Gasteiger partial charge in [-0.25, -0.2) is 9.59 Å². The zero-order valence-electron chi connectivity index (χ0n) is 16.8. The lowest BCUT2D eigenvalue weighted by molar-refractivity contribution is -0.167. The second kappa shape index (κ2) is 11.0. The molecule has 2 rings (SSSR count). The minimum atomic E-state index is -1.38. The number of ether oxygens (including phenoxy) is 2. The number of aliphatic hydroxyl groups excluding tert-OH is 2. The van der Waals surface area contributed by atoms with E-state index in [0.717, 1.165) is 6.08 Å². The summed E-state index contributed by atoms with van der Waals surface area (Å²) in [4.78, 5) is 24.6. The van der Waals surface area contributed by atoms with E-state index in [1.807, 2.05) is 0 Å². The van der Waals surface area contributed by atoms with Crippen LogP contribution in [0.3, 0.4) is 0 Å². The molecule has 9 nitrogen and oxygen atoms in total. The van der Waals surface area contributed by atoms with Gasteiger partial charge in [-0.1, -0.05) is 18.2 Å². The number of phenols is 3. The zero-order chi connectivity index (χ0) is 23.0. The van der Waals surface area contributed by atoms with Crippen molar-refractivity contribution < 1.29 is 44.6 Å². The van der Waals surface area contributed by atoms with Gasteiger partial charge in [0.1, 0.15) is 18.5 Å². The lowest BCUT2D eigenvalue weighted by atomic mass is 10.1. The highest BCUT2D eigenvalue weighted by molar-refractivity contribution is 5.89. The van der Waals surface area contributed by atoms with Gasteiger partial charge in [-0.15, -0.1) is 0 Å². The molecule has 2 unspecified atom stereocenters. The van der Waals surface area contributed by atoms with Gasteiger partial charge >= 0.3 is 11.9 Å². The summed E-state index contributed by atoms with van der Waals surface area (Å²) in [5.74, 6) is -2.48. The van der Waals surface area contributed by atoms with Crippen LogP contribution in [-0.4, -0.2) is 62.9 Å². The summed E-state index contributed by atoms with van der Waals surface area (Å²) in [5.41, 5.74) is 1.54. The molecule has 2 aromatic rings. The molecule has 0 amide bonds. The standard InChI is InChI=1S/C22H24O9/c1-13-2-3-15(9-18(13)26)10-20(22(29)30-12-16(24)11-23)31-21(28)7-5-14-4-6-17(25)19(27)8-14/h2-9,16,20,23-27H,10-12H2,1H3/b7-5+. The Labute approximate surface area is 178 Å². The molecule has 2 aromatic carbocycles. The Kier molecular flexibility index (Phi) is 8.42. The number of esters is 2. The van der Waals surface area contributed by atoms with Crippen LogP contribution in [0.25, 0.3) is 6.08 Å². The van der Waals surface area contributed by atoms with E-state index >= 15 is 0 Å². The molecule has 0 fully saturated rings. The smallest absolute Gasteiger partial charge is 0.347 e. The Hall–Kier alpha value is -3.56. The van der Waals surface area contributed by atoms with E-state index in [1.54, 1.807) is 19.1 Å². The van der Waals surface area contributed by atoms with Crippen LogP contribution in [0, 0.1) is 6.92 Å². The molecule has 166 valence electrons. The number of aliphatic hydroxyl groups is 2. The van der Waals surface area contributed by atoms with E-state index in [1.165, 1.54) is 30.3 Å². The first-order valence-electron chi connectivity index (χ1n) is 9.34. The van der Waals surface area contributed by atoms with Gasteiger partial charge in [0.05, 0.1) is 6.61 Å². The molecule has 0 aliphatic rings. The van der Waals surface area contributed by atoms with Crippen LogP contribution >= 0.6 is 0 Å². The first kappa shape index (κ1) is 23.7. The van der Waals surface area contributed by atoms with Crippen LogP contribution in [0.1, 0.15) is 16.7 Å². The number of benzene rings is 2. The Balaban J connectivity index is 2.12. The maximum Gasteiger partial charge on any atom is 0.347 e. The van der Waals surface area contributed by atoms with Gasteiger partial charge in [0.2, 0.25) is 6.10 Å². The van der Waals surface area contributed by atoms with E-state index in [2.05, 4.69) is 0 Å². The van der Waals surface area contributed by atoms with Crippen LogP contribution in [-0.2, 0) is 25.5 Å². The molecular weight excluding hydrogens is 408 g/mol. The Bertz CT molecular complexity index is 952. The molecule has 9 heteroatoms. The number of rotatable bonds is 9. The van der Waals surface area contributed by atoms with Crippen molar-refractivity contribution in [1.82, 2.24) is 0 Å². The summed E-state index contributed by atoms with van der Waals surface area (Å²) in [6.07, 6.45) is -0.399.